The van der Waals surface area contributed by atoms with Gasteiger partial charge in [-0.2, -0.15) is 5.10 Å². The normalized spacial score (nSPS) is 11.0. The zero-order valence-electron chi connectivity index (χ0n) is 17.2. The lowest BCUT2D eigenvalue weighted by atomic mass is 10.0. The fraction of sp³-hybridized carbons (Fsp3) is 0.120. The van der Waals surface area contributed by atoms with Crippen LogP contribution in [0.4, 0.5) is 5.13 Å². The number of methoxy groups -OCH3 is 1. The van der Waals surface area contributed by atoms with Crippen molar-refractivity contribution >= 4 is 22.7 Å². The number of anilines is 1. The number of ether oxygens (including phenoxy) is 1. The van der Waals surface area contributed by atoms with E-state index in [4.69, 9.17) is 9.72 Å². The van der Waals surface area contributed by atoms with Crippen LogP contribution >= 0.6 is 11.3 Å². The SMILES string of the molecule is COc1ccc(/C=N\Nc2nc(-c3ccc(C)c(C)c3)c(-c3ccccc3)s2)cc1. The Hall–Kier alpha value is -3.44. The van der Waals surface area contributed by atoms with Crippen molar-refractivity contribution in [3.8, 4) is 27.4 Å². The molecule has 4 nitrogen and oxygen atoms in total. The largest absolute Gasteiger partial charge is 0.497 e. The average Bonchev–Trinajstić information content (AvgIpc) is 3.21. The molecule has 0 saturated heterocycles. The number of rotatable bonds is 6. The number of aromatic nitrogens is 1. The number of benzene rings is 3. The lowest BCUT2D eigenvalue weighted by Gasteiger charge is -2.05. The van der Waals surface area contributed by atoms with Gasteiger partial charge in [0.05, 0.1) is 23.9 Å². The third-order valence-electron chi connectivity index (χ3n) is 4.93. The molecule has 0 amide bonds. The van der Waals surface area contributed by atoms with Crippen molar-refractivity contribution in [3.05, 3.63) is 89.5 Å². The molecule has 0 unspecified atom stereocenters. The second kappa shape index (κ2) is 8.93. The average molecular weight is 414 g/mol. The lowest BCUT2D eigenvalue weighted by Crippen LogP contribution is -1.91. The molecule has 0 bridgehead atoms. The van der Waals surface area contributed by atoms with Gasteiger partial charge in [0.2, 0.25) is 5.13 Å². The molecular formula is C25H23N3OS. The fourth-order valence-electron chi connectivity index (χ4n) is 3.09. The first-order chi connectivity index (χ1) is 14.6. The molecule has 0 aliphatic rings. The van der Waals surface area contributed by atoms with Gasteiger partial charge in [-0.25, -0.2) is 4.98 Å². The monoisotopic (exact) mass is 413 g/mol. The third-order valence-corrected chi connectivity index (χ3v) is 5.94. The first kappa shape index (κ1) is 19.9. The highest BCUT2D eigenvalue weighted by Crippen LogP contribution is 2.39. The molecule has 3 aromatic carbocycles. The fourth-order valence-corrected chi connectivity index (χ4v) is 4.03. The maximum atomic E-state index is 5.19. The zero-order valence-corrected chi connectivity index (χ0v) is 18.0. The Morgan fingerprint density at radius 3 is 2.37 bits per heavy atom. The minimum absolute atomic E-state index is 0.756. The van der Waals surface area contributed by atoms with E-state index in [0.717, 1.165) is 38.1 Å². The molecule has 0 aliphatic heterocycles. The van der Waals surface area contributed by atoms with Gasteiger partial charge in [0.1, 0.15) is 5.75 Å². The summed E-state index contributed by atoms with van der Waals surface area (Å²) in [7, 11) is 1.66. The van der Waals surface area contributed by atoms with Gasteiger partial charge in [-0.3, -0.25) is 5.43 Å². The standard InChI is InChI=1S/C25H23N3OS/c1-17-9-12-21(15-18(17)2)23-24(20-7-5-4-6-8-20)30-25(27-23)28-26-16-19-10-13-22(29-3)14-11-19/h4-16H,1-3H3,(H,27,28)/b26-16-. The molecule has 4 rings (SSSR count). The Morgan fingerprint density at radius 1 is 0.900 bits per heavy atom. The van der Waals surface area contributed by atoms with Crippen LogP contribution < -0.4 is 10.2 Å². The molecule has 0 spiro atoms. The quantitative estimate of drug-likeness (QED) is 0.288. The molecule has 4 aromatic rings. The molecule has 0 radical (unpaired) electrons. The van der Waals surface area contributed by atoms with E-state index in [9.17, 15) is 0 Å². The van der Waals surface area contributed by atoms with E-state index >= 15 is 0 Å². The predicted molar refractivity (Wildman–Crippen MR) is 127 cm³/mol. The molecule has 0 atom stereocenters. The van der Waals surface area contributed by atoms with Crippen LogP contribution in [-0.4, -0.2) is 18.3 Å². The number of aryl methyl sites for hydroxylation is 2. The molecule has 1 heterocycles. The highest BCUT2D eigenvalue weighted by atomic mass is 32.1. The van der Waals surface area contributed by atoms with Crippen molar-refractivity contribution < 1.29 is 4.74 Å². The van der Waals surface area contributed by atoms with Gasteiger partial charge in [-0.15, -0.1) is 0 Å². The van der Waals surface area contributed by atoms with Crippen LogP contribution in [0.3, 0.4) is 0 Å². The third kappa shape index (κ3) is 4.42. The highest BCUT2D eigenvalue weighted by Gasteiger charge is 2.15. The molecule has 0 fully saturated rings. The Balaban J connectivity index is 1.64. The summed E-state index contributed by atoms with van der Waals surface area (Å²) in [5, 5.41) is 5.13. The summed E-state index contributed by atoms with van der Waals surface area (Å²) in [6, 6.07) is 24.6. The number of hydrogen-bond donors (Lipinski definition) is 1. The summed E-state index contributed by atoms with van der Waals surface area (Å²) in [4.78, 5) is 5.99. The van der Waals surface area contributed by atoms with Crippen molar-refractivity contribution in [1.82, 2.24) is 4.98 Å². The van der Waals surface area contributed by atoms with E-state index in [1.54, 1.807) is 24.7 Å². The Morgan fingerprint density at radius 2 is 1.67 bits per heavy atom. The van der Waals surface area contributed by atoms with E-state index < -0.39 is 0 Å². The molecule has 1 N–H and O–H groups in total. The van der Waals surface area contributed by atoms with E-state index in [1.807, 2.05) is 42.5 Å². The van der Waals surface area contributed by atoms with Crippen LogP contribution in [-0.2, 0) is 0 Å². The zero-order chi connectivity index (χ0) is 20.9. The van der Waals surface area contributed by atoms with Crippen LogP contribution in [0, 0.1) is 13.8 Å². The van der Waals surface area contributed by atoms with Crippen molar-refractivity contribution in [1.29, 1.82) is 0 Å². The molecule has 30 heavy (non-hydrogen) atoms. The van der Waals surface area contributed by atoms with E-state index in [0.29, 0.717) is 0 Å². The first-order valence-corrected chi connectivity index (χ1v) is 10.5. The van der Waals surface area contributed by atoms with Crippen LogP contribution in [0.25, 0.3) is 21.7 Å². The Labute approximate surface area is 180 Å². The van der Waals surface area contributed by atoms with Gasteiger partial charge < -0.3 is 4.74 Å². The van der Waals surface area contributed by atoms with Crippen LogP contribution in [0.5, 0.6) is 5.75 Å². The molecular weight excluding hydrogens is 390 g/mol. The van der Waals surface area contributed by atoms with E-state index in [1.165, 1.54) is 11.1 Å². The van der Waals surface area contributed by atoms with Crippen molar-refractivity contribution in [2.45, 2.75) is 13.8 Å². The van der Waals surface area contributed by atoms with Crippen LogP contribution in [0.15, 0.2) is 77.9 Å². The number of nitrogens with zero attached hydrogens (tertiary/aromatic N) is 2. The van der Waals surface area contributed by atoms with Crippen molar-refractivity contribution in [2.24, 2.45) is 5.10 Å². The minimum Gasteiger partial charge on any atom is -0.497 e. The van der Waals surface area contributed by atoms with Gasteiger partial charge >= 0.3 is 0 Å². The highest BCUT2D eigenvalue weighted by molar-refractivity contribution is 7.19. The van der Waals surface area contributed by atoms with E-state index in [2.05, 4.69) is 54.7 Å². The van der Waals surface area contributed by atoms with Crippen molar-refractivity contribution in [3.63, 3.8) is 0 Å². The van der Waals surface area contributed by atoms with Gasteiger partial charge in [0, 0.05) is 5.56 Å². The summed E-state index contributed by atoms with van der Waals surface area (Å²) >= 11 is 1.60. The molecule has 0 aliphatic carbocycles. The number of thiazole rings is 1. The number of nitrogens with one attached hydrogen (secondary N) is 1. The maximum absolute atomic E-state index is 5.19. The summed E-state index contributed by atoms with van der Waals surface area (Å²) < 4.78 is 5.19. The molecule has 150 valence electrons. The summed E-state index contributed by atoms with van der Waals surface area (Å²) in [6.45, 7) is 4.25. The molecule has 0 saturated carbocycles. The smallest absolute Gasteiger partial charge is 0.204 e. The predicted octanol–water partition coefficient (Wildman–Crippen LogP) is 6.55. The first-order valence-electron chi connectivity index (χ1n) is 9.71. The van der Waals surface area contributed by atoms with E-state index in [-0.39, 0.29) is 0 Å². The minimum atomic E-state index is 0.756. The van der Waals surface area contributed by atoms with Gasteiger partial charge in [0.25, 0.3) is 0 Å². The number of hydrogen-bond acceptors (Lipinski definition) is 5. The lowest BCUT2D eigenvalue weighted by molar-refractivity contribution is 0.415. The Kier molecular flexibility index (Phi) is 5.91. The van der Waals surface area contributed by atoms with Gasteiger partial charge in [-0.05, 0) is 66.4 Å². The molecule has 5 heteroatoms. The summed E-state index contributed by atoms with van der Waals surface area (Å²) in [5.41, 5.74) is 9.84. The van der Waals surface area contributed by atoms with Crippen molar-refractivity contribution in [2.75, 3.05) is 12.5 Å². The van der Waals surface area contributed by atoms with Crippen LogP contribution in [0.2, 0.25) is 0 Å². The Bertz CT molecular complexity index is 1160. The molecule has 1 aromatic heterocycles. The second-order valence-electron chi connectivity index (χ2n) is 7.00. The topological polar surface area (TPSA) is 46.5 Å². The number of hydrazone groups is 1. The second-order valence-corrected chi connectivity index (χ2v) is 8.00. The summed E-state index contributed by atoms with van der Waals surface area (Å²) in [6.07, 6.45) is 1.78. The van der Waals surface area contributed by atoms with Gasteiger partial charge in [-0.1, -0.05) is 53.8 Å². The summed E-state index contributed by atoms with van der Waals surface area (Å²) in [5.74, 6) is 0.825. The maximum Gasteiger partial charge on any atom is 0.204 e. The van der Waals surface area contributed by atoms with Crippen LogP contribution in [0.1, 0.15) is 16.7 Å². The van der Waals surface area contributed by atoms with Gasteiger partial charge in [0.15, 0.2) is 0 Å².